The first-order chi connectivity index (χ1) is 21.1. The van der Waals surface area contributed by atoms with Crippen LogP contribution in [0.3, 0.4) is 0 Å². The van der Waals surface area contributed by atoms with Crippen molar-refractivity contribution in [3.05, 3.63) is 96.6 Å². The zero-order chi connectivity index (χ0) is 30.3. The van der Waals surface area contributed by atoms with Crippen LogP contribution in [0.4, 0.5) is 8.78 Å². The highest BCUT2D eigenvalue weighted by atomic mass is 19.2. The zero-order valence-corrected chi connectivity index (χ0v) is 25.8. The molecule has 4 rings (SSSR count). The Hall–Kier alpha value is -3.66. The lowest BCUT2D eigenvalue weighted by molar-refractivity contribution is 0.285. The summed E-state index contributed by atoms with van der Waals surface area (Å²) in [7, 11) is 0. The van der Waals surface area contributed by atoms with Gasteiger partial charge in [-0.1, -0.05) is 132 Å². The van der Waals surface area contributed by atoms with Crippen LogP contribution in [-0.2, 0) is 0 Å². The van der Waals surface area contributed by atoms with E-state index in [1.165, 1.54) is 51.0 Å². The van der Waals surface area contributed by atoms with Crippen molar-refractivity contribution in [3.8, 4) is 44.9 Å². The molecular weight excluding hydrogens is 538 g/mol. The Kier molecular flexibility index (Phi) is 13.1. The first-order valence-electron chi connectivity index (χ1n) is 16.2. The Labute approximate surface area is 257 Å². The van der Waals surface area contributed by atoms with Gasteiger partial charge in [-0.3, -0.25) is 0 Å². The van der Waals surface area contributed by atoms with E-state index in [4.69, 9.17) is 9.47 Å². The average Bonchev–Trinajstić information content (AvgIpc) is 3.05. The van der Waals surface area contributed by atoms with Gasteiger partial charge in [0.05, 0.1) is 13.2 Å². The van der Waals surface area contributed by atoms with Crippen LogP contribution in [0.15, 0.2) is 84.9 Å². The van der Waals surface area contributed by atoms with E-state index in [1.807, 2.05) is 36.4 Å². The second-order valence-corrected chi connectivity index (χ2v) is 11.3. The van der Waals surface area contributed by atoms with Gasteiger partial charge in [0, 0.05) is 5.56 Å². The summed E-state index contributed by atoms with van der Waals surface area (Å²) >= 11 is 0. The number of benzene rings is 4. The van der Waals surface area contributed by atoms with E-state index < -0.39 is 11.6 Å². The van der Waals surface area contributed by atoms with E-state index >= 15 is 4.39 Å². The quantitative estimate of drug-likeness (QED) is 0.108. The standard InChI is InChI=1S/C39H46F2O2/c1-3-5-7-8-9-10-11-13-29-43-37-27-26-36(38(40)39(37)41)34-20-18-32(19-21-34)30-14-16-31(17-15-30)33-22-24-35(25-23-33)42-28-12-6-4-2/h14-27H,3-13,28-29H2,1-2H3. The fourth-order valence-corrected chi connectivity index (χ4v) is 5.27. The van der Waals surface area contributed by atoms with Crippen LogP contribution < -0.4 is 9.47 Å². The maximum Gasteiger partial charge on any atom is 0.201 e. The van der Waals surface area contributed by atoms with Gasteiger partial charge in [0.2, 0.25) is 5.82 Å². The normalized spacial score (nSPS) is 11.1. The molecule has 0 radical (unpaired) electrons. The zero-order valence-electron chi connectivity index (χ0n) is 25.8. The predicted molar refractivity (Wildman–Crippen MR) is 176 cm³/mol. The van der Waals surface area contributed by atoms with E-state index in [2.05, 4.69) is 50.2 Å². The highest BCUT2D eigenvalue weighted by Gasteiger charge is 2.16. The second-order valence-electron chi connectivity index (χ2n) is 11.3. The number of unbranched alkanes of at least 4 members (excludes halogenated alkanes) is 9. The van der Waals surface area contributed by atoms with Crippen LogP contribution in [-0.4, -0.2) is 13.2 Å². The van der Waals surface area contributed by atoms with E-state index in [0.717, 1.165) is 60.3 Å². The molecule has 0 heterocycles. The summed E-state index contributed by atoms with van der Waals surface area (Å²) < 4.78 is 41.2. The molecule has 0 unspecified atom stereocenters. The van der Waals surface area contributed by atoms with E-state index in [-0.39, 0.29) is 11.3 Å². The molecule has 0 saturated heterocycles. The highest BCUT2D eigenvalue weighted by Crippen LogP contribution is 2.32. The number of ether oxygens (including phenoxy) is 2. The summed E-state index contributed by atoms with van der Waals surface area (Å²) in [6, 6.07) is 27.3. The van der Waals surface area contributed by atoms with Crippen molar-refractivity contribution in [1.82, 2.24) is 0 Å². The smallest absolute Gasteiger partial charge is 0.201 e. The monoisotopic (exact) mass is 584 g/mol. The Morgan fingerprint density at radius 2 is 0.837 bits per heavy atom. The van der Waals surface area contributed by atoms with E-state index in [1.54, 1.807) is 6.07 Å². The van der Waals surface area contributed by atoms with Crippen molar-refractivity contribution >= 4 is 0 Å². The van der Waals surface area contributed by atoms with Crippen LogP contribution in [0.25, 0.3) is 33.4 Å². The molecule has 2 nitrogen and oxygen atoms in total. The van der Waals surface area contributed by atoms with Gasteiger partial charge in [-0.25, -0.2) is 4.39 Å². The number of hydrogen-bond donors (Lipinski definition) is 0. The Balaban J connectivity index is 1.30. The van der Waals surface area contributed by atoms with Gasteiger partial charge in [0.1, 0.15) is 5.75 Å². The molecule has 0 saturated carbocycles. The lowest BCUT2D eigenvalue weighted by Crippen LogP contribution is -2.01. The molecule has 0 bridgehead atoms. The van der Waals surface area contributed by atoms with E-state index in [0.29, 0.717) is 12.2 Å². The minimum Gasteiger partial charge on any atom is -0.494 e. The average molecular weight is 585 g/mol. The topological polar surface area (TPSA) is 18.5 Å². The van der Waals surface area contributed by atoms with Crippen molar-refractivity contribution in [2.24, 2.45) is 0 Å². The number of hydrogen-bond acceptors (Lipinski definition) is 2. The molecule has 0 aromatic heterocycles. The lowest BCUT2D eigenvalue weighted by Gasteiger charge is -2.11. The maximum atomic E-state index is 15.0. The van der Waals surface area contributed by atoms with Crippen LogP contribution in [0.5, 0.6) is 11.5 Å². The molecule has 0 atom stereocenters. The molecule has 0 amide bonds. The molecule has 0 aliphatic rings. The van der Waals surface area contributed by atoms with Crippen molar-refractivity contribution < 1.29 is 18.3 Å². The molecule has 0 fully saturated rings. The van der Waals surface area contributed by atoms with Crippen molar-refractivity contribution in [2.45, 2.75) is 84.5 Å². The minimum atomic E-state index is -0.923. The fraction of sp³-hybridized carbons (Fsp3) is 0.385. The first kappa shape index (κ1) is 32.3. The van der Waals surface area contributed by atoms with Crippen LogP contribution in [0.1, 0.15) is 84.5 Å². The lowest BCUT2D eigenvalue weighted by atomic mass is 9.98. The van der Waals surface area contributed by atoms with Crippen LogP contribution in [0.2, 0.25) is 0 Å². The molecule has 0 N–H and O–H groups in total. The Bertz CT molecular complexity index is 1360. The summed E-state index contributed by atoms with van der Waals surface area (Å²) in [6.07, 6.45) is 12.8. The molecule has 4 aromatic rings. The third-order valence-electron chi connectivity index (χ3n) is 7.92. The third-order valence-corrected chi connectivity index (χ3v) is 7.92. The fourth-order valence-electron chi connectivity index (χ4n) is 5.27. The van der Waals surface area contributed by atoms with Gasteiger partial charge in [0.15, 0.2) is 11.6 Å². The van der Waals surface area contributed by atoms with Gasteiger partial charge in [-0.05, 0) is 64.9 Å². The van der Waals surface area contributed by atoms with Crippen LogP contribution >= 0.6 is 0 Å². The summed E-state index contributed by atoms with van der Waals surface area (Å²) in [5, 5.41) is 0. The van der Waals surface area contributed by atoms with Gasteiger partial charge in [-0.15, -0.1) is 0 Å². The molecule has 228 valence electrons. The number of rotatable bonds is 18. The summed E-state index contributed by atoms with van der Waals surface area (Å²) in [5.74, 6) is -0.917. The van der Waals surface area contributed by atoms with Crippen molar-refractivity contribution in [2.75, 3.05) is 13.2 Å². The minimum absolute atomic E-state index is 0.0185. The number of halogens is 2. The third kappa shape index (κ3) is 9.68. The molecule has 4 heteroatoms. The maximum absolute atomic E-state index is 15.0. The molecule has 0 aliphatic heterocycles. The predicted octanol–water partition coefficient (Wildman–Crippen LogP) is 12.1. The summed E-state index contributed by atoms with van der Waals surface area (Å²) in [4.78, 5) is 0. The van der Waals surface area contributed by atoms with Crippen molar-refractivity contribution in [1.29, 1.82) is 0 Å². The highest BCUT2D eigenvalue weighted by molar-refractivity contribution is 5.74. The molecule has 4 aromatic carbocycles. The Morgan fingerprint density at radius 3 is 1.40 bits per heavy atom. The van der Waals surface area contributed by atoms with Gasteiger partial charge in [0.25, 0.3) is 0 Å². The second kappa shape index (κ2) is 17.5. The largest absolute Gasteiger partial charge is 0.494 e. The van der Waals surface area contributed by atoms with Gasteiger partial charge < -0.3 is 9.47 Å². The molecule has 0 aliphatic carbocycles. The molecule has 0 spiro atoms. The van der Waals surface area contributed by atoms with Crippen LogP contribution in [0, 0.1) is 11.6 Å². The summed E-state index contributed by atoms with van der Waals surface area (Å²) in [5.41, 5.74) is 5.19. The molecule has 43 heavy (non-hydrogen) atoms. The molecular formula is C39H46F2O2. The SMILES string of the molecule is CCCCCCCCCCOc1ccc(-c2ccc(-c3ccc(-c4ccc(OCCCCC)cc4)cc3)cc2)c(F)c1F. The first-order valence-corrected chi connectivity index (χ1v) is 16.2. The van der Waals surface area contributed by atoms with Gasteiger partial charge in [-0.2, -0.15) is 4.39 Å². The van der Waals surface area contributed by atoms with Gasteiger partial charge >= 0.3 is 0 Å². The summed E-state index contributed by atoms with van der Waals surface area (Å²) in [6.45, 7) is 5.56. The van der Waals surface area contributed by atoms with E-state index in [9.17, 15) is 4.39 Å². The van der Waals surface area contributed by atoms with Crippen molar-refractivity contribution in [3.63, 3.8) is 0 Å². The Morgan fingerprint density at radius 1 is 0.419 bits per heavy atom.